The van der Waals surface area contributed by atoms with Crippen LogP contribution in [0.1, 0.15) is 117 Å². The van der Waals surface area contributed by atoms with Crippen molar-refractivity contribution < 1.29 is 63.6 Å². The summed E-state index contributed by atoms with van der Waals surface area (Å²) in [6, 6.07) is 14.0. The Labute approximate surface area is 375 Å². The molecule has 0 aliphatic heterocycles. The Kier molecular flexibility index (Phi) is 16.2. The molecule has 312 valence electrons. The number of phenolic OH excluding ortho intramolecular Hbond substituents is 1. The maximum Gasteiger partial charge on any atom is 1.00 e. The summed E-state index contributed by atoms with van der Waals surface area (Å²) in [5.41, 5.74) is 3.19. The van der Waals surface area contributed by atoms with Crippen molar-refractivity contribution in [3.05, 3.63) is 88.8 Å². The average molecular weight is 851 g/mol. The van der Waals surface area contributed by atoms with Crippen LogP contribution in [0.15, 0.2) is 72.1 Å². The van der Waals surface area contributed by atoms with Crippen LogP contribution in [-0.2, 0) is 20.6 Å². The standard InChI is InChI=1S/C24H34NO3P.C23H27NO4S.Na/c1-29(27,28)15-7-3-2-4-10-21-18-11-12-19(16-18)23(21)25-24(26)22-14-13-17-8-5-6-9-20(17)22;25-16-9-10-20-18(12-16)19(13-29-20)23(28)24-22-15-8-7-14(11-15)17(22)5-3-1-2-4-6-21(26)27;/h2,4-6,8-9,18-19,21-23H,3,7,10-16H2,1H3,(H,25,26)(H,27,28);1,3,9-10,12-15,17,22,25H,2,4-8,11H2,(H,24,28)(H,26,27);/q;;+1/p-1/b4-2-;3-1-;/t18?,19-,21?,22?,23?;14?,15-,17?,22?;/m00./s1. The molecule has 8 rings (SSSR count). The van der Waals surface area contributed by atoms with E-state index in [1.54, 1.807) is 12.1 Å². The molecule has 10 atom stereocenters. The second kappa shape index (κ2) is 20.9. The van der Waals surface area contributed by atoms with Gasteiger partial charge in [-0.15, -0.1) is 11.3 Å². The van der Waals surface area contributed by atoms with Gasteiger partial charge < -0.3 is 30.3 Å². The van der Waals surface area contributed by atoms with Crippen molar-refractivity contribution in [1.29, 1.82) is 0 Å². The van der Waals surface area contributed by atoms with Crippen LogP contribution in [-0.4, -0.2) is 52.9 Å². The maximum absolute atomic E-state index is 13.1. The van der Waals surface area contributed by atoms with Gasteiger partial charge in [-0.1, -0.05) is 48.6 Å². The number of fused-ring (bicyclic) bond motifs is 6. The van der Waals surface area contributed by atoms with Crippen LogP contribution in [0.5, 0.6) is 5.75 Å². The molecule has 4 N–H and O–H groups in total. The SMILES string of the molecule is CP(=O)([O-])CCC/C=C\CC1C2CC[C@@H](C2)C1NC(=O)C1CCc2ccccc21.O=C(O)CCC/C=C\CC1C2CC[C@@H](C2)C1NC(=O)c1csc2ccc(O)cc12.[Na+]. The first kappa shape index (κ1) is 45.8. The number of aryl methyl sites for hydroxylation is 1. The number of hydrogen-bond acceptors (Lipinski definition) is 7. The Bertz CT molecular complexity index is 2040. The van der Waals surface area contributed by atoms with E-state index in [1.807, 2.05) is 17.5 Å². The molecule has 12 heteroatoms. The number of carboxylic acid groups (broad SMARTS) is 1. The van der Waals surface area contributed by atoms with E-state index in [1.165, 1.54) is 67.7 Å². The number of hydrogen-bond donors (Lipinski definition) is 4. The van der Waals surface area contributed by atoms with Gasteiger partial charge in [-0.2, -0.15) is 0 Å². The third kappa shape index (κ3) is 11.6. The summed E-state index contributed by atoms with van der Waals surface area (Å²) >= 11 is 1.52. The molecule has 2 amide bonds. The topological polar surface area (TPSA) is 156 Å². The number of nitrogens with one attached hydrogen (secondary N) is 2. The van der Waals surface area contributed by atoms with Crippen molar-refractivity contribution in [3.63, 3.8) is 0 Å². The first-order chi connectivity index (χ1) is 27.9. The molecular formula is C47H60N2NaO7PS. The summed E-state index contributed by atoms with van der Waals surface area (Å²) in [7, 11) is -3.14. The van der Waals surface area contributed by atoms with Crippen LogP contribution >= 0.6 is 18.7 Å². The maximum atomic E-state index is 13.1. The van der Waals surface area contributed by atoms with Gasteiger partial charge in [0.25, 0.3) is 5.91 Å². The molecule has 0 radical (unpaired) electrons. The normalized spacial score (nSPS) is 28.6. The van der Waals surface area contributed by atoms with E-state index in [0.717, 1.165) is 54.5 Å². The van der Waals surface area contributed by atoms with Crippen LogP contribution < -0.4 is 45.1 Å². The second-order valence-corrected chi connectivity index (χ2v) is 21.1. The molecule has 9 nitrogen and oxygen atoms in total. The number of amides is 2. The number of aromatic hydroxyl groups is 1. The number of rotatable bonds is 16. The Morgan fingerprint density at radius 1 is 0.847 bits per heavy atom. The van der Waals surface area contributed by atoms with E-state index < -0.39 is 13.3 Å². The number of aliphatic carboxylic acids is 1. The van der Waals surface area contributed by atoms with Gasteiger partial charge in [0, 0.05) is 41.3 Å². The van der Waals surface area contributed by atoms with E-state index in [-0.39, 0.29) is 71.7 Å². The molecule has 5 aliphatic rings. The molecule has 8 unspecified atom stereocenters. The Morgan fingerprint density at radius 3 is 2.14 bits per heavy atom. The fourth-order valence-electron chi connectivity index (χ4n) is 11.1. The van der Waals surface area contributed by atoms with Gasteiger partial charge >= 0.3 is 35.5 Å². The molecule has 4 fully saturated rings. The number of benzene rings is 2. The van der Waals surface area contributed by atoms with E-state index in [2.05, 4.69) is 53.1 Å². The molecule has 59 heavy (non-hydrogen) atoms. The molecular weight excluding hydrogens is 791 g/mol. The van der Waals surface area contributed by atoms with Gasteiger partial charge in [0.2, 0.25) is 5.91 Å². The number of unbranched alkanes of at least 4 members (excludes halogenated alkanes) is 2. The van der Waals surface area contributed by atoms with Gasteiger partial charge in [-0.05, 0) is 168 Å². The molecule has 0 spiro atoms. The average Bonchev–Trinajstić information content (AvgIpc) is 4.05. The van der Waals surface area contributed by atoms with Gasteiger partial charge in [0.15, 0.2) is 0 Å². The number of phenols is 1. The van der Waals surface area contributed by atoms with Crippen LogP contribution in [0.3, 0.4) is 0 Å². The van der Waals surface area contributed by atoms with Crippen LogP contribution in [0.25, 0.3) is 10.1 Å². The second-order valence-electron chi connectivity index (χ2n) is 17.7. The van der Waals surface area contributed by atoms with Gasteiger partial charge in [0.05, 0.1) is 11.5 Å². The fraction of sp³-hybridized carbons (Fsp3) is 0.553. The van der Waals surface area contributed by atoms with Crippen LogP contribution in [0.2, 0.25) is 0 Å². The molecule has 1 heterocycles. The molecule has 4 bridgehead atoms. The van der Waals surface area contributed by atoms with E-state index in [9.17, 15) is 28.9 Å². The number of carboxylic acids is 1. The van der Waals surface area contributed by atoms with Crippen molar-refractivity contribution >= 4 is 46.6 Å². The Balaban J connectivity index is 0.000000195. The van der Waals surface area contributed by atoms with Crippen molar-refractivity contribution in [2.45, 2.75) is 114 Å². The summed E-state index contributed by atoms with van der Waals surface area (Å²) in [5, 5.41) is 28.0. The first-order valence-electron chi connectivity index (χ1n) is 21.6. The molecule has 2 aromatic carbocycles. The smallest absolute Gasteiger partial charge is 0.799 e. The van der Waals surface area contributed by atoms with E-state index >= 15 is 0 Å². The molecule has 4 saturated carbocycles. The van der Waals surface area contributed by atoms with Crippen LogP contribution in [0, 0.1) is 35.5 Å². The summed E-state index contributed by atoms with van der Waals surface area (Å²) in [6.45, 7) is 1.32. The number of thiophene rings is 1. The predicted molar refractivity (Wildman–Crippen MR) is 229 cm³/mol. The minimum atomic E-state index is -3.14. The van der Waals surface area contributed by atoms with Gasteiger partial charge in [-0.25, -0.2) is 0 Å². The fourth-order valence-corrected chi connectivity index (χ4v) is 12.8. The molecule has 5 aliphatic carbocycles. The summed E-state index contributed by atoms with van der Waals surface area (Å²) in [6.07, 6.45) is 23.3. The predicted octanol–water partition coefficient (Wildman–Crippen LogP) is 6.20. The third-order valence-electron chi connectivity index (χ3n) is 13.9. The van der Waals surface area contributed by atoms with Crippen molar-refractivity contribution in [2.75, 3.05) is 12.8 Å². The van der Waals surface area contributed by atoms with Crippen molar-refractivity contribution in [1.82, 2.24) is 10.6 Å². The first-order valence-corrected chi connectivity index (χ1v) is 24.8. The minimum Gasteiger partial charge on any atom is -0.799 e. The monoisotopic (exact) mass is 850 g/mol. The summed E-state index contributed by atoms with van der Waals surface area (Å²) in [5.74, 6) is 3.16. The zero-order chi connectivity index (χ0) is 40.8. The molecule has 0 saturated heterocycles. The van der Waals surface area contributed by atoms with E-state index in [4.69, 9.17) is 5.11 Å². The summed E-state index contributed by atoms with van der Waals surface area (Å²) in [4.78, 5) is 48.0. The zero-order valence-corrected chi connectivity index (χ0v) is 38.4. The quantitative estimate of drug-likeness (QED) is 0.0580. The Hall–Kier alpha value is -2.72. The minimum absolute atomic E-state index is 0. The van der Waals surface area contributed by atoms with Gasteiger partial charge in [-0.3, -0.25) is 14.4 Å². The van der Waals surface area contributed by atoms with Crippen molar-refractivity contribution in [2.24, 2.45) is 35.5 Å². The number of carbonyl (C=O) groups is 3. The number of carbonyl (C=O) groups excluding carboxylic acids is 2. The summed E-state index contributed by atoms with van der Waals surface area (Å²) < 4.78 is 12.3. The molecule has 3 aromatic rings. The third-order valence-corrected chi connectivity index (χ3v) is 16.0. The molecule has 1 aromatic heterocycles. The van der Waals surface area contributed by atoms with Crippen molar-refractivity contribution in [3.8, 4) is 5.75 Å². The zero-order valence-electron chi connectivity index (χ0n) is 34.7. The van der Waals surface area contributed by atoms with Crippen LogP contribution in [0.4, 0.5) is 0 Å². The van der Waals surface area contributed by atoms with E-state index in [0.29, 0.717) is 54.0 Å². The largest absolute Gasteiger partial charge is 1.00 e. The number of allylic oxidation sites excluding steroid dienone is 4. The Morgan fingerprint density at radius 2 is 1.47 bits per heavy atom. The van der Waals surface area contributed by atoms with Gasteiger partial charge in [0.1, 0.15) is 5.75 Å².